The van der Waals surface area contributed by atoms with Gasteiger partial charge in [-0.2, -0.15) is 8.61 Å². The molecule has 4 N–H and O–H groups in total. The van der Waals surface area contributed by atoms with Gasteiger partial charge < -0.3 is 20.1 Å². The van der Waals surface area contributed by atoms with Crippen molar-refractivity contribution < 1.29 is 71.9 Å². The number of benzene rings is 3. The summed E-state index contributed by atoms with van der Waals surface area (Å²) >= 11 is 0. The van der Waals surface area contributed by atoms with Crippen LogP contribution in [0, 0.1) is 5.92 Å². The summed E-state index contributed by atoms with van der Waals surface area (Å²) in [5.41, 5.74) is 6.66. The maximum absolute atomic E-state index is 13.8. The van der Waals surface area contributed by atoms with Gasteiger partial charge in [-0.15, -0.1) is 26.3 Å². The maximum Gasteiger partial charge on any atom is 0.573 e. The number of amides is 2. The molecule has 2 unspecified atom stereocenters. The molecule has 2 heterocycles. The van der Waals surface area contributed by atoms with E-state index in [2.05, 4.69) is 31.1 Å². The Balaban J connectivity index is 1.29. The largest absolute Gasteiger partial charge is 0.573 e. The molecule has 5 rings (SSSR count). The zero-order valence-corrected chi connectivity index (χ0v) is 35.2. The highest BCUT2D eigenvalue weighted by Crippen LogP contribution is 2.28. The summed E-state index contributed by atoms with van der Waals surface area (Å²) in [6, 6.07) is 16.3. The minimum atomic E-state index is -4.96. The lowest BCUT2D eigenvalue weighted by molar-refractivity contribution is -0.275. The first-order valence-electron chi connectivity index (χ1n) is 19.1. The van der Waals surface area contributed by atoms with E-state index in [0.717, 1.165) is 57.1 Å². The lowest BCUT2D eigenvalue weighted by Crippen LogP contribution is -2.55. The molecule has 0 aliphatic carbocycles. The number of hydroxylamine groups is 2. The fourth-order valence-corrected chi connectivity index (χ4v) is 8.68. The van der Waals surface area contributed by atoms with Gasteiger partial charge in [0.1, 0.15) is 11.5 Å². The molecule has 2 atom stereocenters. The Morgan fingerprint density at radius 1 is 0.635 bits per heavy atom. The molecule has 0 saturated heterocycles. The second-order valence-electron chi connectivity index (χ2n) is 14.3. The van der Waals surface area contributed by atoms with Crippen molar-refractivity contribution in [3.8, 4) is 11.5 Å². The van der Waals surface area contributed by atoms with E-state index in [1.165, 1.54) is 12.2 Å². The predicted octanol–water partition coefficient (Wildman–Crippen LogP) is 4.61. The van der Waals surface area contributed by atoms with Crippen LogP contribution in [0.3, 0.4) is 0 Å². The zero-order valence-electron chi connectivity index (χ0n) is 33.6. The van der Waals surface area contributed by atoms with Crippen LogP contribution in [-0.4, -0.2) is 94.9 Å². The third-order valence-electron chi connectivity index (χ3n) is 9.15. The van der Waals surface area contributed by atoms with Gasteiger partial charge in [-0.25, -0.2) is 16.8 Å². The summed E-state index contributed by atoms with van der Waals surface area (Å²) in [4.78, 5) is 38.7. The molecular formula is C39H44F6N6O10S2. The normalized spacial score (nSPS) is 16.6. The van der Waals surface area contributed by atoms with E-state index in [0.29, 0.717) is 17.0 Å². The van der Waals surface area contributed by atoms with Crippen molar-refractivity contribution in [3.05, 3.63) is 108 Å². The highest BCUT2D eigenvalue weighted by Gasteiger charge is 2.39. The van der Waals surface area contributed by atoms with Gasteiger partial charge in [0.2, 0.25) is 32.3 Å². The van der Waals surface area contributed by atoms with Crippen LogP contribution < -0.4 is 31.1 Å². The van der Waals surface area contributed by atoms with Gasteiger partial charge in [-0.3, -0.25) is 30.2 Å². The summed E-state index contributed by atoms with van der Waals surface area (Å²) in [6.07, 6.45) is -10.4. The number of nitrogens with one attached hydrogen (secondary N) is 4. The standard InChI is InChI=1S/C39H44F6N6O10S2/c1-26(2)24-46-36(52)34(60-48-28-16-20-50(21-17-28)62(54,55)32-12-8-30(9-13-32)58-38(40,41)42)35(37(53)47-25-27-6-4-3-5-7-27)61-49-29-18-22-51(23-19-29)63(56,57)33-14-10-31(11-15-33)59-39(43,44)45/h3-16,18,26,34-35,48-49H,17,19-25H2,1-2H3,(H,46,52)(H,47,53). The van der Waals surface area contributed by atoms with Crippen molar-refractivity contribution >= 4 is 31.9 Å². The molecule has 3 aromatic carbocycles. The van der Waals surface area contributed by atoms with Crippen LogP contribution in [0.5, 0.6) is 11.5 Å². The average Bonchev–Trinajstić information content (AvgIpc) is 3.23. The van der Waals surface area contributed by atoms with Crippen LogP contribution in [0.25, 0.3) is 0 Å². The molecule has 24 heteroatoms. The van der Waals surface area contributed by atoms with Crippen molar-refractivity contribution in [1.82, 2.24) is 30.2 Å². The zero-order chi connectivity index (χ0) is 46.0. The predicted molar refractivity (Wildman–Crippen MR) is 211 cm³/mol. The maximum atomic E-state index is 13.8. The monoisotopic (exact) mass is 934 g/mol. The second-order valence-corrected chi connectivity index (χ2v) is 18.2. The van der Waals surface area contributed by atoms with Gasteiger partial charge >= 0.3 is 12.7 Å². The number of halogens is 6. The number of nitrogens with zero attached hydrogens (tertiary/aromatic N) is 2. The number of carbonyl (C=O) groups excluding carboxylic acids is 2. The molecule has 2 aliphatic rings. The van der Waals surface area contributed by atoms with E-state index in [1.807, 2.05) is 13.8 Å². The van der Waals surface area contributed by atoms with Crippen molar-refractivity contribution in [2.45, 2.75) is 68.0 Å². The lowest BCUT2D eigenvalue weighted by Gasteiger charge is -2.30. The summed E-state index contributed by atoms with van der Waals surface area (Å²) in [5, 5.41) is 5.43. The fourth-order valence-electron chi connectivity index (χ4n) is 5.92. The average molecular weight is 935 g/mol. The van der Waals surface area contributed by atoms with E-state index < -0.39 is 68.3 Å². The summed E-state index contributed by atoms with van der Waals surface area (Å²) < 4.78 is 138. The van der Waals surface area contributed by atoms with Gasteiger partial charge in [0.25, 0.3) is 11.8 Å². The van der Waals surface area contributed by atoms with Crippen LogP contribution in [0.4, 0.5) is 26.3 Å². The highest BCUT2D eigenvalue weighted by atomic mass is 32.2. The van der Waals surface area contributed by atoms with Crippen molar-refractivity contribution in [3.63, 3.8) is 0 Å². The molecule has 0 saturated carbocycles. The van der Waals surface area contributed by atoms with Crippen LogP contribution in [-0.2, 0) is 45.9 Å². The number of hydrogen-bond acceptors (Lipinski definition) is 12. The number of sulfonamides is 2. The topological polar surface area (TPSA) is 194 Å². The van der Waals surface area contributed by atoms with Gasteiger partial charge in [-0.1, -0.05) is 44.2 Å². The van der Waals surface area contributed by atoms with Gasteiger partial charge in [0.05, 0.1) is 9.79 Å². The summed E-state index contributed by atoms with van der Waals surface area (Å²) in [6.45, 7) is 3.27. The number of rotatable bonds is 19. The van der Waals surface area contributed by atoms with Gasteiger partial charge in [0, 0.05) is 63.5 Å². The SMILES string of the molecule is CC(C)CNC(=O)C(ONC1=CCN(S(=O)(=O)c2ccc(OC(F)(F)F)cc2)CC1)C(ONC1=CCN(S(=O)(=O)c2ccc(OC(F)(F)F)cc2)CC1)C(=O)NCc1ccccc1. The van der Waals surface area contributed by atoms with E-state index in [1.54, 1.807) is 30.3 Å². The Morgan fingerprint density at radius 2 is 1.05 bits per heavy atom. The van der Waals surface area contributed by atoms with E-state index in [4.69, 9.17) is 9.68 Å². The summed E-state index contributed by atoms with van der Waals surface area (Å²) in [5.74, 6) is -2.77. The molecule has 3 aromatic rings. The van der Waals surface area contributed by atoms with Crippen molar-refractivity contribution in [2.24, 2.45) is 5.92 Å². The molecule has 0 spiro atoms. The van der Waals surface area contributed by atoms with Crippen LogP contribution >= 0.6 is 0 Å². The Kier molecular flexibility index (Phi) is 16.1. The Hall–Kier alpha value is -5.40. The lowest BCUT2D eigenvalue weighted by atomic mass is 10.1. The van der Waals surface area contributed by atoms with E-state index >= 15 is 0 Å². The van der Waals surface area contributed by atoms with Gasteiger partial charge in [-0.05, 0) is 72.2 Å². The third-order valence-corrected chi connectivity index (χ3v) is 12.9. The molecule has 0 radical (unpaired) electrons. The smallest absolute Gasteiger partial charge is 0.406 e. The van der Waals surface area contributed by atoms with E-state index in [-0.39, 0.29) is 67.8 Å². The number of hydrogen-bond donors (Lipinski definition) is 4. The molecule has 0 aromatic heterocycles. The third kappa shape index (κ3) is 14.3. The van der Waals surface area contributed by atoms with Crippen molar-refractivity contribution in [2.75, 3.05) is 32.7 Å². The minimum absolute atomic E-state index is 0.0212. The molecule has 0 fully saturated rings. The van der Waals surface area contributed by atoms with Gasteiger partial charge in [0.15, 0.2) is 0 Å². The van der Waals surface area contributed by atoms with Crippen molar-refractivity contribution in [1.29, 1.82) is 0 Å². The molecule has 2 amide bonds. The summed E-state index contributed by atoms with van der Waals surface area (Å²) in [7, 11) is -8.31. The first kappa shape index (κ1) is 48.6. The van der Waals surface area contributed by atoms with E-state index in [9.17, 15) is 52.8 Å². The molecule has 344 valence electrons. The molecule has 16 nitrogen and oxygen atoms in total. The second kappa shape index (κ2) is 20.9. The highest BCUT2D eigenvalue weighted by molar-refractivity contribution is 7.89. The first-order chi connectivity index (χ1) is 29.6. The van der Waals surface area contributed by atoms with Crippen LogP contribution in [0.1, 0.15) is 32.3 Å². The Morgan fingerprint density at radius 3 is 1.41 bits per heavy atom. The number of ether oxygens (including phenoxy) is 2. The first-order valence-corrected chi connectivity index (χ1v) is 22.0. The van der Waals surface area contributed by atoms with Crippen LogP contribution in [0.15, 0.2) is 112 Å². The quantitative estimate of drug-likeness (QED) is 0.0966. The minimum Gasteiger partial charge on any atom is -0.406 e. The Bertz CT molecular complexity index is 2320. The Labute approximate surface area is 359 Å². The molecule has 2 aliphatic heterocycles. The molecular weight excluding hydrogens is 891 g/mol. The van der Waals surface area contributed by atoms with Crippen LogP contribution in [0.2, 0.25) is 0 Å². The number of alkyl halides is 6. The molecule has 0 bridgehead atoms. The number of carbonyl (C=O) groups is 2. The fraction of sp³-hybridized carbons (Fsp3) is 0.385. The molecule has 63 heavy (non-hydrogen) atoms.